The smallest absolute Gasteiger partial charge is 0.350 e. The van der Waals surface area contributed by atoms with Gasteiger partial charge < -0.3 is 43.2 Å². The molecule has 1 N–H and O–H groups in total. The summed E-state index contributed by atoms with van der Waals surface area (Å²) >= 11 is 0. The largest absolute Gasteiger partial charge is 0.480 e. The second-order valence-corrected chi connectivity index (χ2v) is 11.2. The molecule has 0 spiro atoms. The van der Waals surface area contributed by atoms with Gasteiger partial charge in [-0.3, -0.25) is 4.79 Å². The number of benzene rings is 1. The predicted molar refractivity (Wildman–Crippen MR) is 152 cm³/mol. The van der Waals surface area contributed by atoms with E-state index >= 15 is 0 Å². The molecule has 3 saturated heterocycles. The second-order valence-electron chi connectivity index (χ2n) is 11.2. The van der Waals surface area contributed by atoms with Crippen LogP contribution in [0.1, 0.15) is 53.0 Å². The number of aliphatic carboxylic acids is 1. The van der Waals surface area contributed by atoms with Crippen molar-refractivity contribution >= 4 is 29.6 Å². The molecule has 13 heteroatoms. The SMILES string of the molecule is C#C[C@@]1(OC(C)=O)[C@@H](COC(Cc2ccc(N3CCC[C@H]3C(=O)O)cc2)(C(=O)OCC)C(=O)OCC)O[C@@H]2OC(C)(C)O[C@@H]21. The third-order valence-corrected chi connectivity index (χ3v) is 7.75. The summed E-state index contributed by atoms with van der Waals surface area (Å²) < 4.78 is 40.1. The molecule has 240 valence electrons. The van der Waals surface area contributed by atoms with Crippen LogP contribution in [0.25, 0.3) is 0 Å². The predicted octanol–water partition coefficient (Wildman–Crippen LogP) is 1.98. The minimum atomic E-state index is -2.30. The molecule has 0 bridgehead atoms. The van der Waals surface area contributed by atoms with Gasteiger partial charge in [0, 0.05) is 25.6 Å². The number of carboxylic acids is 1. The summed E-state index contributed by atoms with van der Waals surface area (Å²) in [7, 11) is 0. The van der Waals surface area contributed by atoms with E-state index in [1.54, 1.807) is 56.9 Å². The quantitative estimate of drug-likeness (QED) is 0.157. The molecule has 1 aromatic carbocycles. The van der Waals surface area contributed by atoms with E-state index in [0.717, 1.165) is 6.42 Å². The minimum Gasteiger partial charge on any atom is -0.480 e. The van der Waals surface area contributed by atoms with Gasteiger partial charge in [0.15, 0.2) is 18.2 Å². The van der Waals surface area contributed by atoms with Crippen LogP contribution in [-0.2, 0) is 58.8 Å². The summed E-state index contributed by atoms with van der Waals surface area (Å²) in [6.45, 7) is 7.60. The van der Waals surface area contributed by atoms with Crippen molar-refractivity contribution in [2.45, 2.75) is 95.4 Å². The summed E-state index contributed by atoms with van der Waals surface area (Å²) in [5.74, 6) is -2.23. The van der Waals surface area contributed by atoms with Crippen molar-refractivity contribution in [2.75, 3.05) is 31.3 Å². The standard InChI is InChI=1S/C31H39NO12/c1-7-30(42-19(4)33)23(41-26-24(30)43-29(5,6)44-26)18-40-31(27(36)38-8-2,28(37)39-9-3)17-20-12-14-21(15-13-20)32-16-10-11-22(32)25(34)35/h1,12-15,22-24,26H,8-11,16-18H2,2-6H3,(H,34,35)/t22-,23+,24-,26+,30+/m0/s1. The van der Waals surface area contributed by atoms with E-state index in [4.69, 9.17) is 39.6 Å². The number of hydrogen-bond donors (Lipinski definition) is 1. The highest BCUT2D eigenvalue weighted by Crippen LogP contribution is 2.45. The Morgan fingerprint density at radius 2 is 1.73 bits per heavy atom. The van der Waals surface area contributed by atoms with Gasteiger partial charge in [0.25, 0.3) is 5.60 Å². The summed E-state index contributed by atoms with van der Waals surface area (Å²) in [4.78, 5) is 52.7. The Balaban J connectivity index is 1.66. The molecule has 3 aliphatic heterocycles. The fourth-order valence-electron chi connectivity index (χ4n) is 5.83. The first-order chi connectivity index (χ1) is 20.8. The lowest BCUT2D eigenvalue weighted by molar-refractivity contribution is -0.239. The van der Waals surface area contributed by atoms with E-state index in [9.17, 15) is 24.3 Å². The van der Waals surface area contributed by atoms with Gasteiger partial charge in [-0.05, 0) is 58.2 Å². The van der Waals surface area contributed by atoms with Gasteiger partial charge >= 0.3 is 23.9 Å². The third kappa shape index (κ3) is 6.39. The number of carbonyl (C=O) groups is 4. The fraction of sp³-hybridized carbons (Fsp3) is 0.613. The van der Waals surface area contributed by atoms with Crippen LogP contribution >= 0.6 is 0 Å². The van der Waals surface area contributed by atoms with Crippen molar-refractivity contribution < 1.29 is 57.4 Å². The van der Waals surface area contributed by atoms with E-state index < -0.39 is 72.0 Å². The number of rotatable bonds is 12. The van der Waals surface area contributed by atoms with Gasteiger partial charge in [0.1, 0.15) is 12.1 Å². The van der Waals surface area contributed by atoms with Crippen molar-refractivity contribution in [1.29, 1.82) is 0 Å². The molecule has 1 aromatic rings. The van der Waals surface area contributed by atoms with Crippen LogP contribution in [0.2, 0.25) is 0 Å². The maximum Gasteiger partial charge on any atom is 0.350 e. The van der Waals surface area contributed by atoms with Gasteiger partial charge in [-0.2, -0.15) is 0 Å². The highest BCUT2D eigenvalue weighted by molar-refractivity contribution is 6.04. The van der Waals surface area contributed by atoms with Crippen LogP contribution in [0.3, 0.4) is 0 Å². The Morgan fingerprint density at radius 1 is 1.09 bits per heavy atom. The minimum absolute atomic E-state index is 0.0591. The lowest BCUT2D eigenvalue weighted by Crippen LogP contribution is -2.57. The van der Waals surface area contributed by atoms with Crippen LogP contribution in [0, 0.1) is 12.3 Å². The number of nitrogens with zero attached hydrogens (tertiary/aromatic N) is 1. The normalized spacial score (nSPS) is 27.3. The van der Waals surface area contributed by atoms with Crippen molar-refractivity contribution in [2.24, 2.45) is 0 Å². The van der Waals surface area contributed by atoms with Crippen LogP contribution in [-0.4, -0.2) is 96.9 Å². The van der Waals surface area contributed by atoms with E-state index in [0.29, 0.717) is 24.2 Å². The Kier molecular flexibility index (Phi) is 9.90. The summed E-state index contributed by atoms with van der Waals surface area (Å²) in [5, 5.41) is 9.58. The average Bonchev–Trinajstić information content (AvgIpc) is 3.64. The van der Waals surface area contributed by atoms with Crippen LogP contribution < -0.4 is 4.90 Å². The molecule has 0 aliphatic carbocycles. The number of hydrogen-bond acceptors (Lipinski definition) is 12. The molecule has 4 rings (SSSR count). The molecule has 3 heterocycles. The van der Waals surface area contributed by atoms with Crippen LogP contribution in [0.4, 0.5) is 5.69 Å². The van der Waals surface area contributed by atoms with Crippen molar-refractivity contribution in [3.05, 3.63) is 29.8 Å². The first kappa shape index (κ1) is 33.2. The molecule has 3 aliphatic rings. The maximum absolute atomic E-state index is 13.5. The van der Waals surface area contributed by atoms with Gasteiger partial charge in [-0.15, -0.1) is 6.42 Å². The number of terminal acetylenes is 1. The van der Waals surface area contributed by atoms with E-state index in [1.807, 2.05) is 0 Å². The monoisotopic (exact) mass is 617 g/mol. The van der Waals surface area contributed by atoms with Gasteiger partial charge in [-0.25, -0.2) is 14.4 Å². The number of anilines is 1. The zero-order valence-corrected chi connectivity index (χ0v) is 25.5. The van der Waals surface area contributed by atoms with Crippen molar-refractivity contribution in [3.8, 4) is 12.3 Å². The lowest BCUT2D eigenvalue weighted by Gasteiger charge is -2.35. The van der Waals surface area contributed by atoms with Gasteiger partial charge in [0.2, 0.25) is 5.60 Å². The molecule has 3 fully saturated rings. The molecular formula is C31H39NO12. The molecule has 0 saturated carbocycles. The summed E-state index contributed by atoms with van der Waals surface area (Å²) in [6.07, 6.45) is 3.62. The maximum atomic E-state index is 13.5. The first-order valence-electron chi connectivity index (χ1n) is 14.6. The lowest BCUT2D eigenvalue weighted by atomic mass is 9.91. The Bertz CT molecular complexity index is 1270. The average molecular weight is 618 g/mol. The molecule has 0 aromatic heterocycles. The number of esters is 3. The Labute approximate surface area is 256 Å². The number of carbonyl (C=O) groups excluding carboxylic acids is 3. The summed E-state index contributed by atoms with van der Waals surface area (Å²) in [5.41, 5.74) is -2.92. The first-order valence-corrected chi connectivity index (χ1v) is 14.6. The number of fused-ring (bicyclic) bond motifs is 1. The third-order valence-electron chi connectivity index (χ3n) is 7.75. The number of carboxylic acid groups (broad SMARTS) is 1. The van der Waals surface area contributed by atoms with E-state index in [-0.39, 0.29) is 19.6 Å². The zero-order valence-electron chi connectivity index (χ0n) is 25.5. The van der Waals surface area contributed by atoms with Gasteiger partial charge in [-0.1, -0.05) is 18.1 Å². The Morgan fingerprint density at radius 3 is 2.27 bits per heavy atom. The van der Waals surface area contributed by atoms with E-state index in [2.05, 4.69) is 5.92 Å². The zero-order chi connectivity index (χ0) is 32.3. The molecule has 44 heavy (non-hydrogen) atoms. The number of ether oxygens (including phenoxy) is 7. The molecule has 5 atom stereocenters. The highest BCUT2D eigenvalue weighted by atomic mass is 16.8. The molecule has 0 radical (unpaired) electrons. The molecule has 0 amide bonds. The molecular weight excluding hydrogens is 578 g/mol. The highest BCUT2D eigenvalue weighted by Gasteiger charge is 2.66. The Hall–Kier alpha value is -3.70. The summed E-state index contributed by atoms with van der Waals surface area (Å²) in [6, 6.07) is 6.15. The molecule has 13 nitrogen and oxygen atoms in total. The second kappa shape index (κ2) is 13.1. The van der Waals surface area contributed by atoms with Crippen molar-refractivity contribution in [1.82, 2.24) is 0 Å². The molecule has 0 unspecified atom stereocenters. The van der Waals surface area contributed by atoms with Crippen LogP contribution in [0.5, 0.6) is 0 Å². The topological polar surface area (TPSA) is 156 Å². The van der Waals surface area contributed by atoms with Gasteiger partial charge in [0.05, 0.1) is 19.8 Å². The van der Waals surface area contributed by atoms with E-state index in [1.165, 1.54) is 6.92 Å². The fourth-order valence-corrected chi connectivity index (χ4v) is 5.83. The van der Waals surface area contributed by atoms with Crippen molar-refractivity contribution in [3.63, 3.8) is 0 Å². The van der Waals surface area contributed by atoms with Crippen LogP contribution in [0.15, 0.2) is 24.3 Å².